The lowest BCUT2D eigenvalue weighted by atomic mass is 10.2. The number of nitro benzene ring substituents is 1. The number of nitro groups is 1. The fourth-order valence-corrected chi connectivity index (χ4v) is 5.51. The lowest BCUT2D eigenvalue weighted by Crippen LogP contribution is -2.40. The van der Waals surface area contributed by atoms with Crippen LogP contribution < -0.4 is 14.5 Å². The van der Waals surface area contributed by atoms with Crippen LogP contribution in [0.15, 0.2) is 101 Å². The number of non-ortho nitro benzene ring substituents is 1. The van der Waals surface area contributed by atoms with E-state index in [-0.39, 0.29) is 22.9 Å². The molecule has 4 aromatic rings. The number of hydrogen-bond donors (Lipinski definition) is 1. The Morgan fingerprint density at radius 2 is 1.67 bits per heavy atom. The zero-order valence-corrected chi connectivity index (χ0v) is 24.3. The number of hydrazone groups is 1. The van der Waals surface area contributed by atoms with Gasteiger partial charge in [-0.25, -0.2) is 13.8 Å². The van der Waals surface area contributed by atoms with Crippen molar-refractivity contribution < 1.29 is 22.9 Å². The van der Waals surface area contributed by atoms with Gasteiger partial charge in [-0.2, -0.15) is 5.10 Å². The molecule has 216 valence electrons. The summed E-state index contributed by atoms with van der Waals surface area (Å²) in [5, 5.41) is 15.1. The third kappa shape index (κ3) is 7.71. The second-order valence-electron chi connectivity index (χ2n) is 9.33. The van der Waals surface area contributed by atoms with Crippen molar-refractivity contribution in [2.45, 2.75) is 25.3 Å². The molecule has 1 N–H and O–H groups in total. The van der Waals surface area contributed by atoms with E-state index in [1.807, 2.05) is 6.92 Å². The Morgan fingerprint density at radius 3 is 2.31 bits per heavy atom. The number of amides is 1. The molecule has 4 aromatic carbocycles. The van der Waals surface area contributed by atoms with Gasteiger partial charge in [-0.1, -0.05) is 35.4 Å². The molecule has 4 rings (SSSR count). The Bertz CT molecular complexity index is 1710. The minimum absolute atomic E-state index is 0.00894. The first-order valence-corrected chi connectivity index (χ1v) is 14.5. The molecule has 0 bridgehead atoms. The predicted molar refractivity (Wildman–Crippen MR) is 162 cm³/mol. The van der Waals surface area contributed by atoms with E-state index in [1.54, 1.807) is 67.6 Å². The summed E-state index contributed by atoms with van der Waals surface area (Å²) >= 11 is 6.17. The van der Waals surface area contributed by atoms with E-state index in [0.29, 0.717) is 21.9 Å². The van der Waals surface area contributed by atoms with Gasteiger partial charge in [0.05, 0.1) is 21.7 Å². The molecule has 0 radical (unpaired) electrons. The molecular weight excluding hydrogens is 580 g/mol. The Balaban J connectivity index is 1.41. The van der Waals surface area contributed by atoms with E-state index in [4.69, 9.17) is 16.3 Å². The number of hydrogen-bond acceptors (Lipinski definition) is 7. The summed E-state index contributed by atoms with van der Waals surface area (Å²) in [6.45, 7) is 3.29. The minimum Gasteiger partial charge on any atom is -0.489 e. The van der Waals surface area contributed by atoms with E-state index >= 15 is 0 Å². The number of ether oxygens (including phenoxy) is 1. The van der Waals surface area contributed by atoms with E-state index in [2.05, 4.69) is 10.5 Å². The molecule has 0 heterocycles. The number of nitrogens with zero attached hydrogens (tertiary/aromatic N) is 3. The molecule has 0 fully saturated rings. The van der Waals surface area contributed by atoms with E-state index in [0.717, 1.165) is 15.4 Å². The number of carbonyl (C=O) groups excluding carboxylic acids is 1. The molecule has 10 nitrogen and oxygen atoms in total. The molecule has 12 heteroatoms. The lowest BCUT2D eigenvalue weighted by molar-refractivity contribution is -0.384. The molecule has 0 unspecified atom stereocenters. The number of anilines is 1. The lowest BCUT2D eigenvalue weighted by Gasteiger charge is -2.25. The fourth-order valence-electron chi connectivity index (χ4n) is 3.86. The van der Waals surface area contributed by atoms with Crippen LogP contribution in [0.5, 0.6) is 5.75 Å². The molecule has 1 amide bonds. The second kappa shape index (κ2) is 13.3. The molecule has 0 saturated heterocycles. The smallest absolute Gasteiger partial charge is 0.269 e. The van der Waals surface area contributed by atoms with Crippen molar-refractivity contribution in [3.63, 3.8) is 0 Å². The third-order valence-corrected chi connectivity index (χ3v) is 8.18. The topological polar surface area (TPSA) is 131 Å². The summed E-state index contributed by atoms with van der Waals surface area (Å²) in [5.74, 6) is -0.0762. The standard InChI is InChI=1S/C30H27ClN4O6S/c1-21-3-15-28(16-4-21)42(39,40)34(29-17-25(31)10-5-22(29)2)19-30(36)33-32-18-23-8-13-27(14-9-23)41-20-24-6-11-26(12-7-24)35(37)38/h3-18H,19-20H2,1-2H3,(H,33,36)/b32-18-. The Labute approximate surface area is 248 Å². The van der Waals surface area contributed by atoms with Crippen molar-refractivity contribution >= 4 is 45.1 Å². The SMILES string of the molecule is Cc1ccc(S(=O)(=O)N(CC(=O)N/N=C\c2ccc(OCc3ccc([N+](=O)[O-])cc3)cc2)c2cc(Cl)ccc2C)cc1. The largest absolute Gasteiger partial charge is 0.489 e. The summed E-state index contributed by atoms with van der Waals surface area (Å²) in [6, 6.07) is 24.2. The highest BCUT2D eigenvalue weighted by Gasteiger charge is 2.28. The first-order chi connectivity index (χ1) is 20.0. The summed E-state index contributed by atoms with van der Waals surface area (Å²) < 4.78 is 33.9. The Kier molecular flexibility index (Phi) is 9.56. The summed E-state index contributed by atoms with van der Waals surface area (Å²) in [4.78, 5) is 23.2. The molecule has 0 spiro atoms. The average Bonchev–Trinajstić information content (AvgIpc) is 2.97. The van der Waals surface area contributed by atoms with Crippen LogP contribution in [-0.4, -0.2) is 32.0 Å². The number of rotatable bonds is 11. The first kappa shape index (κ1) is 30.2. The van der Waals surface area contributed by atoms with Crippen LogP contribution in [0.3, 0.4) is 0 Å². The van der Waals surface area contributed by atoms with Crippen LogP contribution in [0.25, 0.3) is 0 Å². The Hall–Kier alpha value is -4.74. The van der Waals surface area contributed by atoms with Gasteiger partial charge >= 0.3 is 0 Å². The van der Waals surface area contributed by atoms with E-state index in [9.17, 15) is 23.3 Å². The molecule has 0 aliphatic rings. The molecule has 0 atom stereocenters. The van der Waals surface area contributed by atoms with Crippen molar-refractivity contribution in [2.24, 2.45) is 5.10 Å². The van der Waals surface area contributed by atoms with Gasteiger partial charge in [0.1, 0.15) is 18.9 Å². The van der Waals surface area contributed by atoms with E-state index < -0.39 is 27.4 Å². The molecule has 0 saturated carbocycles. The van der Waals surface area contributed by atoms with Crippen molar-refractivity contribution in [2.75, 3.05) is 10.8 Å². The van der Waals surface area contributed by atoms with Gasteiger partial charge in [0, 0.05) is 17.2 Å². The van der Waals surface area contributed by atoms with Gasteiger partial charge in [-0.15, -0.1) is 0 Å². The number of aryl methyl sites for hydroxylation is 2. The number of carbonyl (C=O) groups is 1. The molecule has 0 aliphatic carbocycles. The molecular formula is C30H27ClN4O6S. The van der Waals surface area contributed by atoms with Crippen molar-refractivity contribution in [3.05, 3.63) is 128 Å². The van der Waals surface area contributed by atoms with Crippen LogP contribution in [0.4, 0.5) is 11.4 Å². The quantitative estimate of drug-likeness (QED) is 0.131. The molecule has 0 aliphatic heterocycles. The first-order valence-electron chi connectivity index (χ1n) is 12.7. The maximum absolute atomic E-state index is 13.6. The van der Waals surface area contributed by atoms with Crippen LogP contribution in [0, 0.1) is 24.0 Å². The molecule has 42 heavy (non-hydrogen) atoms. The van der Waals surface area contributed by atoms with Gasteiger partial charge in [0.2, 0.25) is 0 Å². The normalized spacial score (nSPS) is 11.3. The average molecular weight is 607 g/mol. The van der Waals surface area contributed by atoms with Crippen LogP contribution >= 0.6 is 11.6 Å². The van der Waals surface area contributed by atoms with Crippen LogP contribution in [0.2, 0.25) is 5.02 Å². The number of benzene rings is 4. The number of halogens is 1. The van der Waals surface area contributed by atoms with Gasteiger partial charge in [0.25, 0.3) is 21.6 Å². The second-order valence-corrected chi connectivity index (χ2v) is 11.6. The zero-order chi connectivity index (χ0) is 30.3. The van der Waals surface area contributed by atoms with Gasteiger partial charge in [-0.05, 0) is 91.2 Å². The van der Waals surface area contributed by atoms with Crippen molar-refractivity contribution in [3.8, 4) is 5.75 Å². The number of nitrogens with one attached hydrogen (secondary N) is 1. The summed E-state index contributed by atoms with van der Waals surface area (Å²) in [7, 11) is -4.10. The summed E-state index contributed by atoms with van der Waals surface area (Å²) in [6.07, 6.45) is 1.42. The predicted octanol–water partition coefficient (Wildman–Crippen LogP) is 5.79. The summed E-state index contributed by atoms with van der Waals surface area (Å²) in [5.41, 5.74) is 5.64. The van der Waals surface area contributed by atoms with Crippen molar-refractivity contribution in [1.82, 2.24) is 5.43 Å². The zero-order valence-electron chi connectivity index (χ0n) is 22.7. The molecule has 0 aromatic heterocycles. The number of sulfonamides is 1. The minimum atomic E-state index is -4.10. The van der Waals surface area contributed by atoms with Gasteiger partial charge < -0.3 is 4.74 Å². The maximum atomic E-state index is 13.6. The highest BCUT2D eigenvalue weighted by atomic mass is 35.5. The van der Waals surface area contributed by atoms with E-state index in [1.165, 1.54) is 36.5 Å². The Morgan fingerprint density at radius 1 is 1.00 bits per heavy atom. The van der Waals surface area contributed by atoms with Crippen molar-refractivity contribution in [1.29, 1.82) is 0 Å². The van der Waals surface area contributed by atoms with Crippen LogP contribution in [-0.2, 0) is 21.4 Å². The monoisotopic (exact) mass is 606 g/mol. The van der Waals surface area contributed by atoms with Gasteiger partial charge in [0.15, 0.2) is 0 Å². The fraction of sp³-hybridized carbons (Fsp3) is 0.133. The third-order valence-electron chi connectivity index (χ3n) is 6.17. The highest BCUT2D eigenvalue weighted by Crippen LogP contribution is 2.29. The highest BCUT2D eigenvalue weighted by molar-refractivity contribution is 7.92. The van der Waals surface area contributed by atoms with Crippen LogP contribution in [0.1, 0.15) is 22.3 Å². The maximum Gasteiger partial charge on any atom is 0.269 e. The van der Waals surface area contributed by atoms with Gasteiger partial charge in [-0.3, -0.25) is 19.2 Å².